The first-order valence-electron chi connectivity index (χ1n) is 7.88. The standard InChI is InChI=1S/C15H32N4.HI/c1-5-6-10-19-11-8-7-9-14(19)12-17-15(16-4)18-13(2)3;/h13-14H,5-12H2,1-4H3,(H2,16,17,18);1H. The molecule has 0 spiro atoms. The molecule has 0 saturated carbocycles. The van der Waals surface area contributed by atoms with Gasteiger partial charge in [-0.25, -0.2) is 0 Å². The van der Waals surface area contributed by atoms with Crippen molar-refractivity contribution in [2.45, 2.75) is 65.0 Å². The van der Waals surface area contributed by atoms with E-state index in [2.05, 4.69) is 41.3 Å². The van der Waals surface area contributed by atoms with Crippen LogP contribution in [0.5, 0.6) is 0 Å². The zero-order valence-corrected chi connectivity index (χ0v) is 15.9. The highest BCUT2D eigenvalue weighted by Gasteiger charge is 2.21. The van der Waals surface area contributed by atoms with Crippen molar-refractivity contribution in [1.82, 2.24) is 15.5 Å². The van der Waals surface area contributed by atoms with Gasteiger partial charge in [0.25, 0.3) is 0 Å². The summed E-state index contributed by atoms with van der Waals surface area (Å²) in [5, 5.41) is 6.82. The Balaban J connectivity index is 0.00000361. The van der Waals surface area contributed by atoms with Gasteiger partial charge in [0.15, 0.2) is 5.96 Å². The fourth-order valence-electron chi connectivity index (χ4n) is 2.63. The van der Waals surface area contributed by atoms with E-state index in [1.807, 2.05) is 7.05 Å². The fourth-order valence-corrected chi connectivity index (χ4v) is 2.63. The number of nitrogens with one attached hydrogen (secondary N) is 2. The van der Waals surface area contributed by atoms with Crippen molar-refractivity contribution in [2.24, 2.45) is 4.99 Å². The topological polar surface area (TPSA) is 39.7 Å². The Morgan fingerprint density at radius 3 is 2.70 bits per heavy atom. The number of likely N-dealkylation sites (tertiary alicyclic amines) is 1. The summed E-state index contributed by atoms with van der Waals surface area (Å²) in [6.45, 7) is 10.1. The van der Waals surface area contributed by atoms with Gasteiger partial charge in [-0.05, 0) is 46.2 Å². The van der Waals surface area contributed by atoms with E-state index < -0.39 is 0 Å². The summed E-state index contributed by atoms with van der Waals surface area (Å²) in [5.41, 5.74) is 0. The summed E-state index contributed by atoms with van der Waals surface area (Å²) < 4.78 is 0. The van der Waals surface area contributed by atoms with Crippen molar-refractivity contribution < 1.29 is 0 Å². The first-order valence-corrected chi connectivity index (χ1v) is 7.88. The van der Waals surface area contributed by atoms with Gasteiger partial charge in [0.2, 0.25) is 0 Å². The predicted octanol–water partition coefficient (Wildman–Crippen LogP) is 2.83. The van der Waals surface area contributed by atoms with Gasteiger partial charge in [-0.1, -0.05) is 19.8 Å². The Morgan fingerprint density at radius 2 is 2.10 bits per heavy atom. The number of halogens is 1. The van der Waals surface area contributed by atoms with E-state index in [9.17, 15) is 0 Å². The molecule has 4 nitrogen and oxygen atoms in total. The van der Waals surface area contributed by atoms with Crippen LogP contribution in [0.3, 0.4) is 0 Å². The highest BCUT2D eigenvalue weighted by atomic mass is 127. The molecule has 1 saturated heterocycles. The van der Waals surface area contributed by atoms with Crippen molar-refractivity contribution in [3.63, 3.8) is 0 Å². The van der Waals surface area contributed by atoms with Crippen molar-refractivity contribution in [3.05, 3.63) is 0 Å². The summed E-state index contributed by atoms with van der Waals surface area (Å²) in [4.78, 5) is 6.93. The Bertz CT molecular complexity index is 269. The fraction of sp³-hybridized carbons (Fsp3) is 0.933. The maximum absolute atomic E-state index is 4.28. The highest BCUT2D eigenvalue weighted by Crippen LogP contribution is 2.16. The summed E-state index contributed by atoms with van der Waals surface area (Å²) in [6.07, 6.45) is 6.64. The number of guanidine groups is 1. The van der Waals surface area contributed by atoms with Crippen LogP contribution in [-0.4, -0.2) is 49.6 Å². The molecular formula is C15H33IN4. The number of unbranched alkanes of at least 4 members (excludes halogenated alkanes) is 1. The minimum absolute atomic E-state index is 0. The Morgan fingerprint density at radius 1 is 1.35 bits per heavy atom. The molecule has 1 rings (SSSR count). The molecule has 0 aromatic heterocycles. The van der Waals surface area contributed by atoms with E-state index in [1.54, 1.807) is 0 Å². The summed E-state index contributed by atoms with van der Waals surface area (Å²) in [6, 6.07) is 1.10. The van der Waals surface area contributed by atoms with Crippen LogP contribution in [0.2, 0.25) is 0 Å². The molecule has 1 unspecified atom stereocenters. The molecule has 1 aliphatic heterocycles. The largest absolute Gasteiger partial charge is 0.355 e. The molecule has 120 valence electrons. The number of hydrogen-bond acceptors (Lipinski definition) is 2. The smallest absolute Gasteiger partial charge is 0.191 e. The molecule has 1 heterocycles. The lowest BCUT2D eigenvalue weighted by Gasteiger charge is -2.36. The van der Waals surface area contributed by atoms with E-state index in [4.69, 9.17) is 0 Å². The van der Waals surface area contributed by atoms with Crippen molar-refractivity contribution in [2.75, 3.05) is 26.7 Å². The average Bonchev–Trinajstić information content (AvgIpc) is 2.41. The normalized spacial score (nSPS) is 20.6. The van der Waals surface area contributed by atoms with E-state index in [0.717, 1.165) is 12.5 Å². The third-order valence-corrected chi connectivity index (χ3v) is 3.70. The molecule has 0 bridgehead atoms. The lowest BCUT2D eigenvalue weighted by Crippen LogP contribution is -2.50. The predicted molar refractivity (Wildman–Crippen MR) is 99.2 cm³/mol. The zero-order valence-electron chi connectivity index (χ0n) is 13.6. The molecule has 1 fully saturated rings. The van der Waals surface area contributed by atoms with Crippen LogP contribution in [0.4, 0.5) is 0 Å². The van der Waals surface area contributed by atoms with Gasteiger partial charge in [0, 0.05) is 25.7 Å². The highest BCUT2D eigenvalue weighted by molar-refractivity contribution is 14.0. The van der Waals surface area contributed by atoms with E-state index in [0.29, 0.717) is 12.1 Å². The van der Waals surface area contributed by atoms with Gasteiger partial charge in [-0.2, -0.15) is 0 Å². The summed E-state index contributed by atoms with van der Waals surface area (Å²) in [5.74, 6) is 0.927. The minimum Gasteiger partial charge on any atom is -0.355 e. The molecule has 20 heavy (non-hydrogen) atoms. The second-order valence-corrected chi connectivity index (χ2v) is 5.79. The number of hydrogen-bond donors (Lipinski definition) is 2. The Hall–Kier alpha value is -0.0400. The molecule has 0 aromatic rings. The molecule has 0 radical (unpaired) electrons. The van der Waals surface area contributed by atoms with Crippen molar-refractivity contribution in [3.8, 4) is 0 Å². The van der Waals surface area contributed by atoms with Crippen molar-refractivity contribution >= 4 is 29.9 Å². The second-order valence-electron chi connectivity index (χ2n) is 5.79. The van der Waals surface area contributed by atoms with Gasteiger partial charge in [-0.15, -0.1) is 24.0 Å². The van der Waals surface area contributed by atoms with Gasteiger partial charge < -0.3 is 10.6 Å². The summed E-state index contributed by atoms with van der Waals surface area (Å²) in [7, 11) is 1.84. The van der Waals surface area contributed by atoms with Crippen LogP contribution in [0.15, 0.2) is 4.99 Å². The first-order chi connectivity index (χ1) is 9.17. The van der Waals surface area contributed by atoms with Crippen LogP contribution in [0.25, 0.3) is 0 Å². The number of nitrogens with zero attached hydrogens (tertiary/aromatic N) is 2. The first kappa shape index (κ1) is 20.0. The Kier molecular flexibility index (Phi) is 11.6. The Labute approximate surface area is 142 Å². The minimum atomic E-state index is 0. The average molecular weight is 396 g/mol. The number of aliphatic imine (C=N–C) groups is 1. The summed E-state index contributed by atoms with van der Waals surface area (Å²) >= 11 is 0. The van der Waals surface area contributed by atoms with Crippen LogP contribution in [0.1, 0.15) is 52.9 Å². The molecule has 1 aliphatic rings. The third kappa shape index (κ3) is 7.67. The number of rotatable bonds is 6. The third-order valence-electron chi connectivity index (χ3n) is 3.70. The van der Waals surface area contributed by atoms with E-state index >= 15 is 0 Å². The number of piperidine rings is 1. The van der Waals surface area contributed by atoms with Gasteiger partial charge in [-0.3, -0.25) is 9.89 Å². The molecule has 5 heteroatoms. The molecule has 0 aliphatic carbocycles. The van der Waals surface area contributed by atoms with Crippen LogP contribution in [-0.2, 0) is 0 Å². The zero-order chi connectivity index (χ0) is 14.1. The molecule has 2 N–H and O–H groups in total. The second kappa shape index (κ2) is 11.6. The lowest BCUT2D eigenvalue weighted by molar-refractivity contribution is 0.147. The quantitative estimate of drug-likeness (QED) is 0.412. The monoisotopic (exact) mass is 396 g/mol. The van der Waals surface area contributed by atoms with Gasteiger partial charge >= 0.3 is 0 Å². The van der Waals surface area contributed by atoms with Crippen LogP contribution < -0.4 is 10.6 Å². The van der Waals surface area contributed by atoms with E-state index in [1.165, 1.54) is 45.2 Å². The molecule has 1 atom stereocenters. The van der Waals surface area contributed by atoms with Crippen molar-refractivity contribution in [1.29, 1.82) is 0 Å². The van der Waals surface area contributed by atoms with E-state index in [-0.39, 0.29) is 24.0 Å². The molecule has 0 amide bonds. The van der Waals surface area contributed by atoms with Gasteiger partial charge in [0.1, 0.15) is 0 Å². The maximum atomic E-state index is 4.28. The molecular weight excluding hydrogens is 363 g/mol. The molecule has 0 aromatic carbocycles. The SMILES string of the molecule is CCCCN1CCCCC1CNC(=NC)NC(C)C.I. The van der Waals surface area contributed by atoms with Crippen LogP contribution in [0, 0.1) is 0 Å². The maximum Gasteiger partial charge on any atom is 0.191 e. The lowest BCUT2D eigenvalue weighted by atomic mass is 10.0. The van der Waals surface area contributed by atoms with Crippen LogP contribution >= 0.6 is 24.0 Å². The van der Waals surface area contributed by atoms with Gasteiger partial charge in [0.05, 0.1) is 0 Å².